The zero-order valence-electron chi connectivity index (χ0n) is 15.9. The molecule has 0 saturated carbocycles. The summed E-state index contributed by atoms with van der Waals surface area (Å²) in [6.45, 7) is -2.89. The van der Waals surface area contributed by atoms with Gasteiger partial charge in [-0.05, 0) is 55.5 Å². The summed E-state index contributed by atoms with van der Waals surface area (Å²) >= 11 is 2.93. The fourth-order valence-electron chi connectivity index (χ4n) is 3.43. The molecular formula is C20H19F2N3O3S2. The van der Waals surface area contributed by atoms with Crippen LogP contribution < -0.4 is 15.6 Å². The highest BCUT2D eigenvalue weighted by molar-refractivity contribution is 7.99. The zero-order chi connectivity index (χ0) is 21.1. The first-order valence-electron chi connectivity index (χ1n) is 9.45. The van der Waals surface area contributed by atoms with Gasteiger partial charge in [0.1, 0.15) is 16.4 Å². The number of benzene rings is 1. The highest BCUT2D eigenvalue weighted by atomic mass is 32.2. The molecule has 10 heteroatoms. The van der Waals surface area contributed by atoms with Gasteiger partial charge in [0.05, 0.1) is 16.9 Å². The van der Waals surface area contributed by atoms with Gasteiger partial charge in [0.15, 0.2) is 0 Å². The lowest BCUT2D eigenvalue weighted by Crippen LogP contribution is -2.15. The van der Waals surface area contributed by atoms with Crippen molar-refractivity contribution in [3.8, 4) is 5.75 Å². The number of aryl methyl sites for hydroxylation is 2. The molecule has 2 heterocycles. The number of ether oxygens (including phenoxy) is 1. The van der Waals surface area contributed by atoms with E-state index in [1.165, 1.54) is 40.9 Å². The third-order valence-corrected chi connectivity index (χ3v) is 6.84. The van der Waals surface area contributed by atoms with Gasteiger partial charge in [0.25, 0.3) is 5.56 Å². The van der Waals surface area contributed by atoms with E-state index in [0.29, 0.717) is 17.3 Å². The molecule has 0 radical (unpaired) electrons. The Morgan fingerprint density at radius 2 is 2.03 bits per heavy atom. The number of nitrogens with one attached hydrogen (secondary N) is 2. The molecule has 0 bridgehead atoms. The number of thioether (sulfide) groups is 1. The van der Waals surface area contributed by atoms with Crippen molar-refractivity contribution in [3.05, 3.63) is 50.9 Å². The first-order chi connectivity index (χ1) is 14.5. The van der Waals surface area contributed by atoms with E-state index < -0.39 is 6.61 Å². The number of carbonyl (C=O) groups is 1. The Labute approximate surface area is 179 Å². The smallest absolute Gasteiger partial charge is 0.387 e. The van der Waals surface area contributed by atoms with Crippen LogP contribution in [0.3, 0.4) is 0 Å². The van der Waals surface area contributed by atoms with Gasteiger partial charge in [0.2, 0.25) is 5.91 Å². The monoisotopic (exact) mass is 451 g/mol. The Bertz CT molecular complexity index is 1110. The van der Waals surface area contributed by atoms with Crippen LogP contribution in [-0.2, 0) is 23.4 Å². The van der Waals surface area contributed by atoms with E-state index in [-0.39, 0.29) is 23.0 Å². The average Bonchev–Trinajstić information content (AvgIpc) is 3.08. The molecule has 0 spiro atoms. The van der Waals surface area contributed by atoms with Crippen molar-refractivity contribution in [1.29, 1.82) is 0 Å². The molecule has 4 rings (SSSR count). The van der Waals surface area contributed by atoms with Crippen LogP contribution in [0.25, 0.3) is 10.2 Å². The number of H-pyrrole nitrogens is 1. The summed E-state index contributed by atoms with van der Waals surface area (Å²) in [4.78, 5) is 34.1. The normalized spacial score (nSPS) is 13.4. The maximum atomic E-state index is 12.5. The van der Waals surface area contributed by atoms with Crippen LogP contribution in [0.2, 0.25) is 0 Å². The Morgan fingerprint density at radius 3 is 2.80 bits per heavy atom. The van der Waals surface area contributed by atoms with Crippen molar-refractivity contribution < 1.29 is 18.3 Å². The Balaban J connectivity index is 1.33. The molecule has 6 nitrogen and oxygen atoms in total. The average molecular weight is 452 g/mol. The molecular weight excluding hydrogens is 432 g/mol. The number of thiophene rings is 1. The maximum Gasteiger partial charge on any atom is 0.387 e. The molecule has 3 aromatic rings. The number of nitrogens with zero attached hydrogens (tertiary/aromatic N) is 1. The number of rotatable bonds is 7. The molecule has 158 valence electrons. The molecule has 30 heavy (non-hydrogen) atoms. The van der Waals surface area contributed by atoms with E-state index in [9.17, 15) is 18.4 Å². The van der Waals surface area contributed by atoms with Gasteiger partial charge < -0.3 is 15.0 Å². The molecule has 2 aromatic heterocycles. The second kappa shape index (κ2) is 9.13. The van der Waals surface area contributed by atoms with Gasteiger partial charge >= 0.3 is 6.61 Å². The third-order valence-electron chi connectivity index (χ3n) is 4.71. The van der Waals surface area contributed by atoms with E-state index in [2.05, 4.69) is 20.0 Å². The summed E-state index contributed by atoms with van der Waals surface area (Å²) in [5.41, 5.74) is 1.53. The second-order valence-corrected chi connectivity index (χ2v) is 8.92. The fourth-order valence-corrected chi connectivity index (χ4v) is 5.40. The van der Waals surface area contributed by atoms with Crippen molar-refractivity contribution in [1.82, 2.24) is 9.97 Å². The summed E-state index contributed by atoms with van der Waals surface area (Å²) in [7, 11) is 0. The second-order valence-electron chi connectivity index (χ2n) is 6.85. The summed E-state index contributed by atoms with van der Waals surface area (Å²) < 4.78 is 28.6. The molecule has 0 atom stereocenters. The van der Waals surface area contributed by atoms with Crippen molar-refractivity contribution in [2.75, 3.05) is 11.1 Å². The summed E-state index contributed by atoms with van der Waals surface area (Å²) in [6.07, 6.45) is 4.20. The first kappa shape index (κ1) is 20.8. The molecule has 0 unspecified atom stereocenters. The minimum absolute atomic E-state index is 0.0260. The third kappa shape index (κ3) is 4.81. The number of carbonyl (C=O) groups excluding carboxylic acids is 1. The van der Waals surface area contributed by atoms with Crippen LogP contribution in [-0.4, -0.2) is 28.2 Å². The Morgan fingerprint density at radius 1 is 1.27 bits per heavy atom. The van der Waals surface area contributed by atoms with Crippen LogP contribution >= 0.6 is 23.1 Å². The lowest BCUT2D eigenvalue weighted by molar-refractivity contribution is -0.113. The number of aromatic nitrogens is 2. The number of alkyl halides is 2. The number of anilines is 1. The van der Waals surface area contributed by atoms with Crippen LogP contribution in [0.5, 0.6) is 5.75 Å². The number of hydrogen-bond donors (Lipinski definition) is 2. The van der Waals surface area contributed by atoms with Crippen molar-refractivity contribution in [3.63, 3.8) is 0 Å². The van der Waals surface area contributed by atoms with Gasteiger partial charge in [-0.1, -0.05) is 0 Å². The topological polar surface area (TPSA) is 84.1 Å². The maximum absolute atomic E-state index is 12.5. The van der Waals surface area contributed by atoms with Crippen LogP contribution in [0.1, 0.15) is 29.1 Å². The number of fused-ring (bicyclic) bond motifs is 3. The summed E-state index contributed by atoms with van der Waals surface area (Å²) in [6, 6.07) is 5.70. The van der Waals surface area contributed by atoms with Gasteiger partial charge in [-0.25, -0.2) is 4.98 Å². The Kier molecular flexibility index (Phi) is 6.33. The largest absolute Gasteiger partial charge is 0.435 e. The van der Waals surface area contributed by atoms with E-state index in [4.69, 9.17) is 0 Å². The van der Waals surface area contributed by atoms with Gasteiger partial charge in [0, 0.05) is 10.6 Å². The quantitative estimate of drug-likeness (QED) is 0.558. The molecule has 0 aliphatic heterocycles. The van der Waals surface area contributed by atoms with E-state index in [1.54, 1.807) is 11.3 Å². The van der Waals surface area contributed by atoms with Crippen LogP contribution in [0.15, 0.2) is 29.1 Å². The van der Waals surface area contributed by atoms with Crippen molar-refractivity contribution in [2.24, 2.45) is 0 Å². The van der Waals surface area contributed by atoms with Crippen molar-refractivity contribution >= 4 is 44.9 Å². The number of amides is 1. The fraction of sp³-hybridized carbons (Fsp3) is 0.350. The minimum Gasteiger partial charge on any atom is -0.435 e. The van der Waals surface area contributed by atoms with E-state index in [1.807, 2.05) is 0 Å². The predicted molar refractivity (Wildman–Crippen MR) is 115 cm³/mol. The predicted octanol–water partition coefficient (Wildman–Crippen LogP) is 4.34. The van der Waals surface area contributed by atoms with E-state index in [0.717, 1.165) is 41.5 Å². The standard InChI is InChI=1S/C20H19F2N3O3S2/c21-20(22)28-12-7-5-11(6-8-12)23-16(26)10-29-9-15-24-18(27)17-13-3-1-2-4-14(13)30-19(17)25-15/h5-8,20H,1-4,9-10H2,(H,23,26)(H,24,25,27). The van der Waals surface area contributed by atoms with Gasteiger partial charge in [-0.3, -0.25) is 9.59 Å². The summed E-state index contributed by atoms with van der Waals surface area (Å²) in [5, 5.41) is 3.41. The van der Waals surface area contributed by atoms with Crippen molar-refractivity contribution in [2.45, 2.75) is 38.0 Å². The lowest BCUT2D eigenvalue weighted by Gasteiger charge is -2.09. The molecule has 1 aliphatic carbocycles. The SMILES string of the molecule is O=C(CSCc1nc2sc3c(c2c(=O)[nH]1)CCCC3)Nc1ccc(OC(F)F)cc1. The molecule has 0 fully saturated rings. The minimum atomic E-state index is -2.89. The number of hydrogen-bond acceptors (Lipinski definition) is 6. The highest BCUT2D eigenvalue weighted by Crippen LogP contribution is 2.33. The zero-order valence-corrected chi connectivity index (χ0v) is 17.5. The number of aromatic amines is 1. The first-order valence-corrected chi connectivity index (χ1v) is 11.4. The van der Waals surface area contributed by atoms with Crippen LogP contribution in [0, 0.1) is 0 Å². The molecule has 1 aromatic carbocycles. The molecule has 1 amide bonds. The van der Waals surface area contributed by atoms with Gasteiger partial charge in [-0.2, -0.15) is 8.78 Å². The van der Waals surface area contributed by atoms with E-state index >= 15 is 0 Å². The summed E-state index contributed by atoms with van der Waals surface area (Å²) in [5.74, 6) is 0.910. The van der Waals surface area contributed by atoms with Gasteiger partial charge in [-0.15, -0.1) is 23.1 Å². The lowest BCUT2D eigenvalue weighted by atomic mass is 9.97. The number of halogens is 2. The highest BCUT2D eigenvalue weighted by Gasteiger charge is 2.19. The molecule has 2 N–H and O–H groups in total. The molecule has 0 saturated heterocycles. The Hall–Kier alpha value is -2.46. The van der Waals surface area contributed by atoms with Crippen LogP contribution in [0.4, 0.5) is 14.5 Å². The molecule has 1 aliphatic rings.